The Morgan fingerprint density at radius 2 is 1.82 bits per heavy atom. The highest BCUT2D eigenvalue weighted by molar-refractivity contribution is 7.99. The Morgan fingerprint density at radius 1 is 1.06 bits per heavy atom. The summed E-state index contributed by atoms with van der Waals surface area (Å²) in [4.78, 5) is 12.5. The number of hydrogen-bond acceptors (Lipinski definition) is 7. The third-order valence-corrected chi connectivity index (χ3v) is 5.87. The first kappa shape index (κ1) is 23.1. The van der Waals surface area contributed by atoms with E-state index < -0.39 is 0 Å². The summed E-state index contributed by atoms with van der Waals surface area (Å²) in [6.45, 7) is 1.76. The topological polar surface area (TPSA) is 102 Å². The molecule has 0 aliphatic rings. The van der Waals surface area contributed by atoms with Crippen molar-refractivity contribution in [2.24, 2.45) is 5.10 Å². The molecule has 0 fully saturated rings. The van der Waals surface area contributed by atoms with Crippen LogP contribution in [0.2, 0.25) is 0 Å². The van der Waals surface area contributed by atoms with Gasteiger partial charge in [0.05, 0.1) is 18.6 Å². The highest BCUT2D eigenvalue weighted by atomic mass is 32.2. The first-order valence-corrected chi connectivity index (χ1v) is 11.4. The highest BCUT2D eigenvalue weighted by Gasteiger charge is 2.17. The third-order valence-electron chi connectivity index (χ3n) is 4.94. The second-order valence-electron chi connectivity index (χ2n) is 7.28. The average molecular weight is 474 g/mol. The van der Waals surface area contributed by atoms with Gasteiger partial charge in [-0.3, -0.25) is 9.36 Å². The number of hydrazone groups is 1. The molecule has 0 aliphatic carbocycles. The zero-order valence-corrected chi connectivity index (χ0v) is 19.5. The molecule has 0 aliphatic heterocycles. The van der Waals surface area contributed by atoms with Gasteiger partial charge in [-0.25, -0.2) is 5.43 Å². The Bertz CT molecular complexity index is 1300. The van der Waals surface area contributed by atoms with E-state index in [0.717, 1.165) is 22.6 Å². The van der Waals surface area contributed by atoms with Gasteiger partial charge in [0.25, 0.3) is 5.91 Å². The predicted octanol–water partition coefficient (Wildman–Crippen LogP) is 4.28. The lowest BCUT2D eigenvalue weighted by Gasteiger charge is -2.11. The van der Waals surface area contributed by atoms with Gasteiger partial charge in [-0.2, -0.15) is 5.10 Å². The zero-order valence-electron chi connectivity index (χ0n) is 18.7. The summed E-state index contributed by atoms with van der Waals surface area (Å²) in [5.74, 6) is 1.37. The van der Waals surface area contributed by atoms with Crippen molar-refractivity contribution in [2.45, 2.75) is 12.1 Å². The van der Waals surface area contributed by atoms with Crippen molar-refractivity contribution in [2.75, 3.05) is 12.9 Å². The fourth-order valence-electron chi connectivity index (χ4n) is 3.21. The van der Waals surface area contributed by atoms with Crippen molar-refractivity contribution >= 4 is 23.4 Å². The van der Waals surface area contributed by atoms with E-state index >= 15 is 0 Å². The Hall–Kier alpha value is -4.11. The molecule has 0 bridgehead atoms. The van der Waals surface area contributed by atoms with Crippen molar-refractivity contribution in [3.8, 4) is 28.6 Å². The predicted molar refractivity (Wildman–Crippen MR) is 133 cm³/mol. The number of hydrogen-bond donors (Lipinski definition) is 2. The lowest BCUT2D eigenvalue weighted by molar-refractivity contribution is -0.118. The summed E-state index contributed by atoms with van der Waals surface area (Å²) in [6, 6.07) is 24.0. The van der Waals surface area contributed by atoms with Crippen LogP contribution in [-0.4, -0.2) is 44.4 Å². The molecule has 1 aromatic heterocycles. The van der Waals surface area contributed by atoms with Gasteiger partial charge in [0.2, 0.25) is 0 Å². The Labute approximate surface area is 201 Å². The normalized spacial score (nSPS) is 11.3. The monoisotopic (exact) mass is 473 g/mol. The molecular formula is C25H23N5O3S. The van der Waals surface area contributed by atoms with E-state index in [4.69, 9.17) is 4.74 Å². The molecule has 2 N–H and O–H groups in total. The fourth-order valence-corrected chi connectivity index (χ4v) is 3.95. The van der Waals surface area contributed by atoms with Gasteiger partial charge >= 0.3 is 0 Å². The number of aromatic nitrogens is 3. The van der Waals surface area contributed by atoms with Crippen LogP contribution in [0.25, 0.3) is 17.1 Å². The minimum atomic E-state index is -0.282. The number of rotatable bonds is 8. The number of aromatic hydroxyl groups is 1. The molecular weight excluding hydrogens is 450 g/mol. The number of amides is 1. The molecule has 0 saturated heterocycles. The minimum Gasteiger partial charge on any atom is -0.508 e. The van der Waals surface area contributed by atoms with E-state index in [0.29, 0.717) is 16.7 Å². The van der Waals surface area contributed by atoms with Gasteiger partial charge < -0.3 is 9.84 Å². The van der Waals surface area contributed by atoms with Gasteiger partial charge in [0.1, 0.15) is 11.5 Å². The van der Waals surface area contributed by atoms with Crippen LogP contribution in [0.1, 0.15) is 12.5 Å². The van der Waals surface area contributed by atoms with Crippen molar-refractivity contribution in [1.29, 1.82) is 0 Å². The van der Waals surface area contributed by atoms with Crippen LogP contribution in [0.5, 0.6) is 11.5 Å². The molecule has 0 radical (unpaired) electrons. The molecule has 0 spiro atoms. The van der Waals surface area contributed by atoms with Crippen LogP contribution in [0.15, 0.2) is 89.1 Å². The standard InChI is InChI=1S/C25H23N5O3S/c1-17(19-9-6-10-21(31)15-19)26-27-23(32)16-34-25-29-28-24(18-7-4-3-5-8-18)30(25)20-11-13-22(33-2)14-12-20/h3-15,31H,16H2,1-2H3,(H,27,32)/b26-17-. The number of carbonyl (C=O) groups excluding carboxylic acids is 1. The maximum absolute atomic E-state index is 12.5. The van der Waals surface area contributed by atoms with Gasteiger partial charge in [0, 0.05) is 16.8 Å². The molecule has 0 atom stereocenters. The SMILES string of the molecule is COc1ccc(-n2c(SCC(=O)N/N=C(/C)c3cccc(O)c3)nnc2-c2ccccc2)cc1. The summed E-state index contributed by atoms with van der Waals surface area (Å²) in [5.41, 5.74) is 5.63. The van der Waals surface area contributed by atoms with E-state index in [1.54, 1.807) is 32.2 Å². The van der Waals surface area contributed by atoms with Crippen LogP contribution in [0.3, 0.4) is 0 Å². The second kappa shape index (κ2) is 10.7. The van der Waals surface area contributed by atoms with Crippen LogP contribution in [0.4, 0.5) is 0 Å². The molecule has 1 heterocycles. The smallest absolute Gasteiger partial charge is 0.250 e. The number of carbonyl (C=O) groups is 1. The number of nitrogens with zero attached hydrogens (tertiary/aromatic N) is 4. The van der Waals surface area contributed by atoms with Gasteiger partial charge in [-0.05, 0) is 43.3 Å². The van der Waals surface area contributed by atoms with Gasteiger partial charge in [-0.15, -0.1) is 10.2 Å². The molecule has 34 heavy (non-hydrogen) atoms. The highest BCUT2D eigenvalue weighted by Crippen LogP contribution is 2.28. The average Bonchev–Trinajstić information content (AvgIpc) is 3.30. The van der Waals surface area contributed by atoms with Crippen LogP contribution in [0, 0.1) is 0 Å². The molecule has 8 nitrogen and oxygen atoms in total. The van der Waals surface area contributed by atoms with E-state index in [-0.39, 0.29) is 17.4 Å². The van der Waals surface area contributed by atoms with E-state index in [9.17, 15) is 9.90 Å². The number of phenolic OH excluding ortho intramolecular Hbond substituents is 1. The molecule has 172 valence electrons. The number of nitrogens with one attached hydrogen (secondary N) is 1. The number of phenols is 1. The molecule has 3 aromatic carbocycles. The molecule has 4 rings (SSSR count). The van der Waals surface area contributed by atoms with Crippen LogP contribution < -0.4 is 10.2 Å². The molecule has 1 amide bonds. The lowest BCUT2D eigenvalue weighted by atomic mass is 10.1. The van der Waals surface area contributed by atoms with Gasteiger partial charge in [0.15, 0.2) is 11.0 Å². The number of thioether (sulfide) groups is 1. The lowest BCUT2D eigenvalue weighted by Crippen LogP contribution is -2.21. The largest absolute Gasteiger partial charge is 0.508 e. The number of benzene rings is 3. The quantitative estimate of drug-likeness (QED) is 0.225. The van der Waals surface area contributed by atoms with E-state index in [1.165, 1.54) is 11.8 Å². The van der Waals surface area contributed by atoms with Crippen LogP contribution in [-0.2, 0) is 4.79 Å². The number of methoxy groups -OCH3 is 1. The number of ether oxygens (including phenoxy) is 1. The van der Waals surface area contributed by atoms with E-state index in [1.807, 2.05) is 65.2 Å². The molecule has 9 heteroatoms. The first-order chi connectivity index (χ1) is 16.5. The van der Waals surface area contributed by atoms with Gasteiger partial charge in [-0.1, -0.05) is 54.2 Å². The summed E-state index contributed by atoms with van der Waals surface area (Å²) in [7, 11) is 1.62. The molecule has 4 aromatic rings. The van der Waals surface area contributed by atoms with E-state index in [2.05, 4.69) is 20.7 Å². The summed E-state index contributed by atoms with van der Waals surface area (Å²) in [6.07, 6.45) is 0. The second-order valence-corrected chi connectivity index (χ2v) is 8.22. The minimum absolute atomic E-state index is 0.0971. The van der Waals surface area contributed by atoms with Crippen molar-refractivity contribution in [3.05, 3.63) is 84.4 Å². The Morgan fingerprint density at radius 3 is 2.53 bits per heavy atom. The van der Waals surface area contributed by atoms with Crippen molar-refractivity contribution in [1.82, 2.24) is 20.2 Å². The Balaban J connectivity index is 1.53. The van der Waals surface area contributed by atoms with Crippen molar-refractivity contribution in [3.63, 3.8) is 0 Å². The Kier molecular flexibility index (Phi) is 7.24. The summed E-state index contributed by atoms with van der Waals surface area (Å²) in [5, 5.41) is 23.0. The maximum atomic E-state index is 12.5. The van der Waals surface area contributed by atoms with Crippen molar-refractivity contribution < 1.29 is 14.6 Å². The zero-order chi connectivity index (χ0) is 23.9. The summed E-state index contributed by atoms with van der Waals surface area (Å²) >= 11 is 1.26. The third kappa shape index (κ3) is 5.44. The molecule has 0 saturated carbocycles. The summed E-state index contributed by atoms with van der Waals surface area (Å²) < 4.78 is 7.18. The maximum Gasteiger partial charge on any atom is 0.250 e. The van der Waals surface area contributed by atoms with Crippen LogP contribution >= 0.6 is 11.8 Å². The molecule has 0 unspecified atom stereocenters. The fraction of sp³-hybridized carbons (Fsp3) is 0.120. The first-order valence-electron chi connectivity index (χ1n) is 10.5.